The topological polar surface area (TPSA) is 102 Å². The van der Waals surface area contributed by atoms with Crippen LogP contribution in [0.2, 0.25) is 0 Å². The average molecular weight is 292 g/mol. The summed E-state index contributed by atoms with van der Waals surface area (Å²) < 4.78 is 4.78. The first-order valence-electron chi connectivity index (χ1n) is 6.55. The molecule has 1 aromatic carbocycles. The predicted molar refractivity (Wildman–Crippen MR) is 79.5 cm³/mol. The van der Waals surface area contributed by atoms with E-state index in [1.54, 1.807) is 30.3 Å². The number of amides is 2. The molecule has 0 saturated heterocycles. The molecule has 0 aliphatic carbocycles. The lowest BCUT2D eigenvalue weighted by Gasteiger charge is -2.08. The molecule has 6 heteroatoms. The first kappa shape index (κ1) is 16.9. The monoisotopic (exact) mass is 292 g/mol. The van der Waals surface area contributed by atoms with Crippen LogP contribution in [0.25, 0.3) is 6.08 Å². The van der Waals surface area contributed by atoms with Gasteiger partial charge in [-0.25, -0.2) is 0 Å². The Morgan fingerprint density at radius 3 is 2.62 bits per heavy atom. The summed E-state index contributed by atoms with van der Waals surface area (Å²) in [4.78, 5) is 22.5. The maximum atomic E-state index is 11.5. The number of nitrogens with two attached hydrogens (primary N) is 1. The van der Waals surface area contributed by atoms with E-state index < -0.39 is 12.0 Å². The van der Waals surface area contributed by atoms with Gasteiger partial charge in [0.25, 0.3) is 0 Å². The molecular formula is C15H20N2O4. The Bertz CT molecular complexity index is 497. The van der Waals surface area contributed by atoms with Gasteiger partial charge in [-0.1, -0.05) is 12.1 Å². The van der Waals surface area contributed by atoms with Crippen molar-refractivity contribution in [2.45, 2.75) is 12.5 Å². The van der Waals surface area contributed by atoms with E-state index in [4.69, 9.17) is 10.5 Å². The second kappa shape index (κ2) is 8.89. The highest BCUT2D eigenvalue weighted by molar-refractivity contribution is 5.94. The fourth-order valence-corrected chi connectivity index (χ4v) is 1.63. The molecule has 0 bridgehead atoms. The van der Waals surface area contributed by atoms with Gasteiger partial charge in [0, 0.05) is 25.3 Å². The maximum absolute atomic E-state index is 11.5. The second-order valence-electron chi connectivity index (χ2n) is 4.51. The maximum Gasteiger partial charge on any atom is 0.248 e. The van der Waals surface area contributed by atoms with Crippen LogP contribution < -0.4 is 11.1 Å². The fraction of sp³-hybridized carbons (Fsp3) is 0.333. The van der Waals surface area contributed by atoms with Gasteiger partial charge in [0.05, 0.1) is 12.7 Å². The smallest absolute Gasteiger partial charge is 0.248 e. The van der Waals surface area contributed by atoms with Gasteiger partial charge in [0.1, 0.15) is 0 Å². The number of carbonyl (C=O) groups is 2. The van der Waals surface area contributed by atoms with Crippen molar-refractivity contribution in [3.05, 3.63) is 41.5 Å². The number of rotatable bonds is 8. The van der Waals surface area contributed by atoms with Gasteiger partial charge in [-0.15, -0.1) is 0 Å². The first-order chi connectivity index (χ1) is 10.0. The summed E-state index contributed by atoms with van der Waals surface area (Å²) in [5, 5.41) is 12.1. The van der Waals surface area contributed by atoms with Crippen LogP contribution in [0.1, 0.15) is 22.3 Å². The Hall–Kier alpha value is -2.18. The number of nitrogens with one attached hydrogen (secondary N) is 1. The average Bonchev–Trinajstić information content (AvgIpc) is 2.46. The molecule has 0 radical (unpaired) electrons. The lowest BCUT2D eigenvalue weighted by atomic mass is 10.1. The van der Waals surface area contributed by atoms with Crippen LogP contribution in [0.15, 0.2) is 30.3 Å². The van der Waals surface area contributed by atoms with Crippen molar-refractivity contribution in [3.63, 3.8) is 0 Å². The van der Waals surface area contributed by atoms with Gasteiger partial charge in [0.15, 0.2) is 0 Å². The molecule has 0 heterocycles. The van der Waals surface area contributed by atoms with Crippen molar-refractivity contribution < 1.29 is 19.4 Å². The van der Waals surface area contributed by atoms with E-state index >= 15 is 0 Å². The second-order valence-corrected chi connectivity index (χ2v) is 4.51. The van der Waals surface area contributed by atoms with Crippen LogP contribution in [0.5, 0.6) is 0 Å². The van der Waals surface area contributed by atoms with E-state index in [2.05, 4.69) is 5.32 Å². The highest BCUT2D eigenvalue weighted by Gasteiger charge is 2.03. The zero-order valence-electron chi connectivity index (χ0n) is 11.9. The number of primary amides is 1. The van der Waals surface area contributed by atoms with Crippen molar-refractivity contribution in [1.82, 2.24) is 5.32 Å². The Kier molecular flexibility index (Phi) is 7.14. The molecule has 21 heavy (non-hydrogen) atoms. The van der Waals surface area contributed by atoms with E-state index in [1.165, 1.54) is 13.2 Å². The van der Waals surface area contributed by atoms with E-state index in [0.717, 1.165) is 5.56 Å². The summed E-state index contributed by atoms with van der Waals surface area (Å²) in [5.41, 5.74) is 6.34. The molecule has 4 N–H and O–H groups in total. The van der Waals surface area contributed by atoms with Gasteiger partial charge in [-0.3, -0.25) is 9.59 Å². The Labute approximate surface area is 123 Å². The number of carbonyl (C=O) groups excluding carboxylic acids is 2. The quantitative estimate of drug-likeness (QED) is 0.600. The van der Waals surface area contributed by atoms with Crippen LogP contribution in [-0.4, -0.2) is 43.3 Å². The van der Waals surface area contributed by atoms with Gasteiger partial charge >= 0.3 is 0 Å². The molecule has 2 amide bonds. The molecule has 0 saturated carbocycles. The van der Waals surface area contributed by atoms with Crippen molar-refractivity contribution in [1.29, 1.82) is 0 Å². The Morgan fingerprint density at radius 1 is 1.38 bits per heavy atom. The minimum absolute atomic E-state index is 0.248. The SMILES string of the molecule is COCC(O)CCNC(=O)/C=C/c1ccc(C(N)=O)cc1. The standard InChI is InChI=1S/C15H20N2O4/c1-21-10-13(18)8-9-17-14(19)7-4-11-2-5-12(6-3-11)15(16)20/h2-7,13,18H,8-10H2,1H3,(H2,16,20)(H,17,19)/b7-4+. The summed E-state index contributed by atoms with van der Waals surface area (Å²) in [6.45, 7) is 0.617. The fourth-order valence-electron chi connectivity index (χ4n) is 1.63. The third-order valence-electron chi connectivity index (χ3n) is 2.76. The number of benzene rings is 1. The van der Waals surface area contributed by atoms with Crippen LogP contribution in [0.3, 0.4) is 0 Å². The van der Waals surface area contributed by atoms with Gasteiger partial charge in [-0.05, 0) is 30.2 Å². The van der Waals surface area contributed by atoms with Gasteiger partial charge in [-0.2, -0.15) is 0 Å². The molecule has 0 aliphatic rings. The van der Waals surface area contributed by atoms with Crippen LogP contribution in [-0.2, 0) is 9.53 Å². The molecule has 0 aliphatic heterocycles. The lowest BCUT2D eigenvalue weighted by Crippen LogP contribution is -2.27. The summed E-state index contributed by atoms with van der Waals surface area (Å²) in [7, 11) is 1.51. The third-order valence-corrected chi connectivity index (χ3v) is 2.76. The van der Waals surface area contributed by atoms with E-state index in [0.29, 0.717) is 18.5 Å². The molecule has 0 spiro atoms. The van der Waals surface area contributed by atoms with Gasteiger partial charge in [0.2, 0.25) is 11.8 Å². The van der Waals surface area contributed by atoms with E-state index in [-0.39, 0.29) is 12.5 Å². The molecule has 114 valence electrons. The number of hydrogen-bond acceptors (Lipinski definition) is 4. The molecule has 1 unspecified atom stereocenters. The Balaban J connectivity index is 2.38. The molecule has 1 atom stereocenters. The first-order valence-corrected chi connectivity index (χ1v) is 6.55. The van der Waals surface area contributed by atoms with Crippen molar-refractivity contribution in [2.75, 3.05) is 20.3 Å². The Morgan fingerprint density at radius 2 is 2.05 bits per heavy atom. The molecular weight excluding hydrogens is 272 g/mol. The summed E-state index contributed by atoms with van der Waals surface area (Å²) >= 11 is 0. The van der Waals surface area contributed by atoms with Crippen LogP contribution >= 0.6 is 0 Å². The minimum Gasteiger partial charge on any atom is -0.391 e. The normalized spacial score (nSPS) is 12.3. The molecule has 6 nitrogen and oxygen atoms in total. The number of ether oxygens (including phenoxy) is 1. The molecule has 0 aromatic heterocycles. The van der Waals surface area contributed by atoms with Crippen molar-refractivity contribution in [3.8, 4) is 0 Å². The van der Waals surface area contributed by atoms with Crippen LogP contribution in [0, 0.1) is 0 Å². The van der Waals surface area contributed by atoms with Crippen LogP contribution in [0.4, 0.5) is 0 Å². The predicted octanol–water partition coefficient (Wildman–Crippen LogP) is 0.312. The summed E-state index contributed by atoms with van der Waals surface area (Å²) in [6, 6.07) is 6.60. The number of aliphatic hydroxyl groups is 1. The molecule has 0 fully saturated rings. The number of hydrogen-bond donors (Lipinski definition) is 3. The minimum atomic E-state index is -0.583. The highest BCUT2D eigenvalue weighted by atomic mass is 16.5. The lowest BCUT2D eigenvalue weighted by molar-refractivity contribution is -0.116. The number of aliphatic hydroxyl groups excluding tert-OH is 1. The van der Waals surface area contributed by atoms with Gasteiger partial charge < -0.3 is 20.9 Å². The highest BCUT2D eigenvalue weighted by Crippen LogP contribution is 2.05. The summed E-state index contributed by atoms with van der Waals surface area (Å²) in [6.07, 6.45) is 2.87. The zero-order chi connectivity index (χ0) is 15.7. The molecule has 1 aromatic rings. The zero-order valence-corrected chi connectivity index (χ0v) is 11.9. The van der Waals surface area contributed by atoms with E-state index in [9.17, 15) is 14.7 Å². The molecule has 1 rings (SSSR count). The largest absolute Gasteiger partial charge is 0.391 e. The van der Waals surface area contributed by atoms with Crippen molar-refractivity contribution in [2.24, 2.45) is 5.73 Å². The third kappa shape index (κ3) is 6.69. The van der Waals surface area contributed by atoms with Crippen molar-refractivity contribution >= 4 is 17.9 Å². The summed E-state index contributed by atoms with van der Waals surface area (Å²) in [5.74, 6) is -0.739. The number of methoxy groups -OCH3 is 1. The van der Waals surface area contributed by atoms with E-state index in [1.807, 2.05) is 0 Å².